The van der Waals surface area contributed by atoms with Gasteiger partial charge in [-0.15, -0.1) is 0 Å². The monoisotopic (exact) mass is 303 g/mol. The highest BCUT2D eigenvalue weighted by molar-refractivity contribution is 6.36. The Labute approximate surface area is 122 Å². The van der Waals surface area contributed by atoms with Crippen LogP contribution in [0.3, 0.4) is 0 Å². The van der Waals surface area contributed by atoms with Crippen LogP contribution in [0.2, 0.25) is 10.0 Å². The fraction of sp³-hybridized carbons (Fsp3) is 0.385. The van der Waals surface area contributed by atoms with Gasteiger partial charge in [-0.25, -0.2) is 0 Å². The molecule has 1 aromatic carbocycles. The lowest BCUT2D eigenvalue weighted by molar-refractivity contribution is -0.153. The number of carbonyl (C=O) groups is 2. The summed E-state index contributed by atoms with van der Waals surface area (Å²) in [6, 6.07) is 4.71. The van der Waals surface area contributed by atoms with Crippen LogP contribution in [0.4, 0.5) is 5.69 Å². The van der Waals surface area contributed by atoms with Crippen molar-refractivity contribution in [2.45, 2.75) is 32.8 Å². The number of hydrogen-bond donors (Lipinski definition) is 1. The maximum absolute atomic E-state index is 11.8. The van der Waals surface area contributed by atoms with Gasteiger partial charge in [0.05, 0.1) is 10.7 Å². The van der Waals surface area contributed by atoms with Gasteiger partial charge in [0, 0.05) is 11.4 Å². The van der Waals surface area contributed by atoms with Gasteiger partial charge >= 0.3 is 5.97 Å². The molecular formula is C13H15Cl2NO3. The van der Waals surface area contributed by atoms with E-state index in [4.69, 9.17) is 27.9 Å². The van der Waals surface area contributed by atoms with E-state index in [1.165, 1.54) is 13.0 Å². The van der Waals surface area contributed by atoms with Crippen LogP contribution < -0.4 is 5.32 Å². The lowest BCUT2D eigenvalue weighted by Gasteiger charge is -2.14. The number of hydrogen-bond acceptors (Lipinski definition) is 3. The highest BCUT2D eigenvalue weighted by Crippen LogP contribution is 2.25. The minimum Gasteiger partial charge on any atom is -0.453 e. The van der Waals surface area contributed by atoms with E-state index in [2.05, 4.69) is 5.32 Å². The van der Waals surface area contributed by atoms with Gasteiger partial charge in [-0.3, -0.25) is 9.59 Å². The van der Waals surface area contributed by atoms with Gasteiger partial charge in [-0.05, 0) is 31.5 Å². The summed E-state index contributed by atoms with van der Waals surface area (Å²) in [5.74, 6) is -0.832. The predicted octanol–water partition coefficient (Wildman–Crippen LogP) is 3.66. The van der Waals surface area contributed by atoms with Crippen LogP contribution in [0.1, 0.15) is 26.7 Å². The molecule has 4 nitrogen and oxygen atoms in total. The molecule has 0 aliphatic rings. The van der Waals surface area contributed by atoms with Gasteiger partial charge in [0.2, 0.25) is 0 Å². The van der Waals surface area contributed by atoms with Crippen molar-refractivity contribution in [1.29, 1.82) is 0 Å². The van der Waals surface area contributed by atoms with E-state index < -0.39 is 18.0 Å². The van der Waals surface area contributed by atoms with Crippen molar-refractivity contribution in [3.8, 4) is 0 Å². The molecule has 0 aliphatic heterocycles. The van der Waals surface area contributed by atoms with Crippen LogP contribution in [0.5, 0.6) is 0 Å². The quantitative estimate of drug-likeness (QED) is 0.845. The van der Waals surface area contributed by atoms with Gasteiger partial charge in [-0.1, -0.05) is 30.1 Å². The molecule has 0 radical (unpaired) electrons. The third-order valence-electron chi connectivity index (χ3n) is 2.32. The minimum absolute atomic E-state index is 0.291. The van der Waals surface area contributed by atoms with Gasteiger partial charge in [0.1, 0.15) is 0 Å². The molecule has 0 spiro atoms. The summed E-state index contributed by atoms with van der Waals surface area (Å²) in [4.78, 5) is 23.1. The highest BCUT2D eigenvalue weighted by atomic mass is 35.5. The van der Waals surface area contributed by atoms with Crippen LogP contribution in [0.15, 0.2) is 18.2 Å². The average molecular weight is 304 g/mol. The van der Waals surface area contributed by atoms with Crippen molar-refractivity contribution in [1.82, 2.24) is 0 Å². The fourth-order valence-corrected chi connectivity index (χ4v) is 1.79. The van der Waals surface area contributed by atoms with Crippen molar-refractivity contribution in [2.24, 2.45) is 0 Å². The Morgan fingerprint density at radius 3 is 2.63 bits per heavy atom. The molecule has 0 unspecified atom stereocenters. The fourth-order valence-electron chi connectivity index (χ4n) is 1.34. The van der Waals surface area contributed by atoms with Crippen LogP contribution in [-0.4, -0.2) is 18.0 Å². The van der Waals surface area contributed by atoms with E-state index in [-0.39, 0.29) is 0 Å². The molecule has 0 aromatic heterocycles. The van der Waals surface area contributed by atoms with Gasteiger partial charge in [-0.2, -0.15) is 0 Å². The number of nitrogens with one attached hydrogen (secondary N) is 1. The SMILES string of the molecule is CCCC(=O)O[C@@H](C)C(=O)Nc1ccc(Cl)cc1Cl. The maximum atomic E-state index is 11.8. The third-order valence-corrected chi connectivity index (χ3v) is 2.87. The molecule has 1 N–H and O–H groups in total. The molecule has 0 aliphatic carbocycles. The molecule has 0 heterocycles. The zero-order valence-corrected chi connectivity index (χ0v) is 12.2. The number of benzene rings is 1. The molecule has 0 fully saturated rings. The number of rotatable bonds is 5. The summed E-state index contributed by atoms with van der Waals surface area (Å²) in [6.07, 6.45) is 0.0981. The van der Waals surface area contributed by atoms with Crippen molar-refractivity contribution in [2.75, 3.05) is 5.32 Å². The molecule has 0 bridgehead atoms. The Morgan fingerprint density at radius 2 is 2.05 bits per heavy atom. The summed E-state index contributed by atoms with van der Waals surface area (Å²) in [6.45, 7) is 3.37. The third kappa shape index (κ3) is 5.09. The van der Waals surface area contributed by atoms with Crippen molar-refractivity contribution in [3.05, 3.63) is 28.2 Å². The van der Waals surface area contributed by atoms with Crippen molar-refractivity contribution < 1.29 is 14.3 Å². The molecular weight excluding hydrogens is 289 g/mol. The number of esters is 1. The second-order valence-corrected chi connectivity index (χ2v) is 4.84. The summed E-state index contributed by atoms with van der Waals surface area (Å²) >= 11 is 11.7. The minimum atomic E-state index is -0.870. The zero-order valence-electron chi connectivity index (χ0n) is 10.7. The summed E-state index contributed by atoms with van der Waals surface area (Å²) in [5, 5.41) is 3.38. The molecule has 6 heteroatoms. The Balaban J connectivity index is 2.61. The van der Waals surface area contributed by atoms with E-state index in [1.54, 1.807) is 12.1 Å². The van der Waals surface area contributed by atoms with Crippen LogP contribution >= 0.6 is 23.2 Å². The first-order chi connectivity index (χ1) is 8.93. The van der Waals surface area contributed by atoms with Gasteiger partial charge in [0.15, 0.2) is 6.10 Å². The van der Waals surface area contributed by atoms with Gasteiger partial charge in [0.25, 0.3) is 5.91 Å². The summed E-state index contributed by atoms with van der Waals surface area (Å²) < 4.78 is 4.97. The highest BCUT2D eigenvalue weighted by Gasteiger charge is 2.18. The Bertz CT molecular complexity index is 477. The van der Waals surface area contributed by atoms with Crippen LogP contribution in [0.25, 0.3) is 0 Å². The van der Waals surface area contributed by atoms with E-state index in [1.807, 2.05) is 6.92 Å². The first kappa shape index (κ1) is 15.8. The lowest BCUT2D eigenvalue weighted by atomic mass is 10.3. The first-order valence-corrected chi connectivity index (χ1v) is 6.65. The molecule has 19 heavy (non-hydrogen) atoms. The second-order valence-electron chi connectivity index (χ2n) is 4.00. The smallest absolute Gasteiger partial charge is 0.306 e. The Hall–Kier alpha value is -1.26. The Kier molecular flexibility index (Phi) is 6.12. The Morgan fingerprint density at radius 1 is 1.37 bits per heavy atom. The number of carbonyl (C=O) groups excluding carboxylic acids is 2. The van der Waals surface area contributed by atoms with Crippen LogP contribution in [-0.2, 0) is 14.3 Å². The number of ether oxygens (including phenoxy) is 1. The predicted molar refractivity (Wildman–Crippen MR) is 75.6 cm³/mol. The number of halogens is 2. The molecule has 1 amide bonds. The van der Waals surface area contributed by atoms with E-state index in [0.717, 1.165) is 0 Å². The lowest BCUT2D eigenvalue weighted by Crippen LogP contribution is -2.29. The second kappa shape index (κ2) is 7.36. The van der Waals surface area contributed by atoms with Gasteiger partial charge < -0.3 is 10.1 Å². The summed E-state index contributed by atoms with van der Waals surface area (Å²) in [5.41, 5.74) is 0.425. The zero-order chi connectivity index (χ0) is 14.4. The standard InChI is InChI=1S/C13H15Cl2NO3/c1-3-4-12(17)19-8(2)13(18)16-11-6-5-9(14)7-10(11)15/h5-8H,3-4H2,1-2H3,(H,16,18)/t8-/m0/s1. The largest absolute Gasteiger partial charge is 0.453 e. The molecule has 104 valence electrons. The van der Waals surface area contributed by atoms with E-state index >= 15 is 0 Å². The molecule has 1 atom stereocenters. The molecule has 0 saturated heterocycles. The van der Waals surface area contributed by atoms with E-state index in [9.17, 15) is 9.59 Å². The van der Waals surface area contributed by atoms with E-state index in [0.29, 0.717) is 28.6 Å². The normalized spacial score (nSPS) is 11.8. The molecule has 0 saturated carbocycles. The number of anilines is 1. The topological polar surface area (TPSA) is 55.4 Å². The average Bonchev–Trinajstić information content (AvgIpc) is 2.32. The van der Waals surface area contributed by atoms with Crippen molar-refractivity contribution >= 4 is 40.8 Å². The first-order valence-electron chi connectivity index (χ1n) is 5.89. The van der Waals surface area contributed by atoms with Crippen LogP contribution in [0, 0.1) is 0 Å². The number of amides is 1. The maximum Gasteiger partial charge on any atom is 0.306 e. The molecule has 1 aromatic rings. The van der Waals surface area contributed by atoms with Crippen molar-refractivity contribution in [3.63, 3.8) is 0 Å². The molecule has 1 rings (SSSR count). The summed E-state index contributed by atoms with van der Waals surface area (Å²) in [7, 11) is 0.